The van der Waals surface area contributed by atoms with Gasteiger partial charge in [-0.2, -0.15) is 0 Å². The summed E-state index contributed by atoms with van der Waals surface area (Å²) < 4.78 is 0. The minimum absolute atomic E-state index is 0. The summed E-state index contributed by atoms with van der Waals surface area (Å²) in [6.45, 7) is 4.12. The topological polar surface area (TPSA) is 81.5 Å². The smallest absolute Gasteiger partial charge is 0.248 e. The summed E-state index contributed by atoms with van der Waals surface area (Å²) in [6, 6.07) is 13.2. The molecule has 0 saturated carbocycles. The molecule has 2 aromatic carbocycles. The van der Waals surface area contributed by atoms with Gasteiger partial charge in [0, 0.05) is 11.3 Å². The van der Waals surface area contributed by atoms with Crippen molar-refractivity contribution in [1.29, 1.82) is 0 Å². The molecule has 0 radical (unpaired) electrons. The summed E-state index contributed by atoms with van der Waals surface area (Å²) >= 11 is 1.46. The van der Waals surface area contributed by atoms with Crippen LogP contribution in [0.15, 0.2) is 47.5 Å². The fraction of sp³-hybridized carbons (Fsp3) is 0.176. The van der Waals surface area contributed by atoms with E-state index in [1.165, 1.54) is 22.9 Å². The van der Waals surface area contributed by atoms with E-state index in [1.807, 2.05) is 30.3 Å². The molecule has 0 aliphatic heterocycles. The van der Waals surface area contributed by atoms with E-state index in [0.717, 1.165) is 11.3 Å². The molecule has 6 heteroatoms. The lowest BCUT2D eigenvalue weighted by Crippen LogP contribution is -2.10. The van der Waals surface area contributed by atoms with Crippen LogP contribution in [0, 0.1) is 13.8 Å². The van der Waals surface area contributed by atoms with Gasteiger partial charge < -0.3 is 11.5 Å². The molecule has 4 nitrogen and oxygen atoms in total. The molecule has 0 saturated heterocycles. The van der Waals surface area contributed by atoms with E-state index in [9.17, 15) is 4.79 Å². The number of hydrogen-bond acceptors (Lipinski definition) is 3. The highest BCUT2D eigenvalue weighted by atomic mass is 35.5. The van der Waals surface area contributed by atoms with Crippen molar-refractivity contribution in [2.75, 3.05) is 0 Å². The van der Waals surface area contributed by atoms with Crippen LogP contribution in [0.3, 0.4) is 0 Å². The summed E-state index contributed by atoms with van der Waals surface area (Å²) in [4.78, 5) is 15.4. The Hall–Kier alpha value is -1.98. The average molecular weight is 350 g/mol. The third kappa shape index (κ3) is 5.62. The van der Waals surface area contributed by atoms with Crippen molar-refractivity contribution < 1.29 is 4.79 Å². The Balaban J connectivity index is 0.00000264. The lowest BCUT2D eigenvalue weighted by Gasteiger charge is -2.04. The normalized spacial score (nSPS) is 11.0. The first-order valence-electron chi connectivity index (χ1n) is 6.88. The molecule has 122 valence electrons. The summed E-state index contributed by atoms with van der Waals surface area (Å²) in [5.41, 5.74) is 16.0. The van der Waals surface area contributed by atoms with Crippen LogP contribution in [0.5, 0.6) is 0 Å². The quantitative estimate of drug-likeness (QED) is 0.652. The molecular weight excluding hydrogens is 330 g/mol. The van der Waals surface area contributed by atoms with Gasteiger partial charge in [-0.05, 0) is 54.8 Å². The Morgan fingerprint density at radius 3 is 2.26 bits per heavy atom. The van der Waals surface area contributed by atoms with Gasteiger partial charge in [0.05, 0.1) is 5.69 Å². The van der Waals surface area contributed by atoms with Gasteiger partial charge >= 0.3 is 0 Å². The van der Waals surface area contributed by atoms with Crippen molar-refractivity contribution in [3.63, 3.8) is 0 Å². The number of nitrogens with zero attached hydrogens (tertiary/aromatic N) is 1. The predicted molar refractivity (Wildman–Crippen MR) is 101 cm³/mol. The van der Waals surface area contributed by atoms with Crippen LogP contribution in [0.2, 0.25) is 0 Å². The molecule has 0 fully saturated rings. The number of aliphatic imine (C=N–C) groups is 1. The third-order valence-electron chi connectivity index (χ3n) is 3.35. The molecule has 0 unspecified atom stereocenters. The molecule has 0 atom stereocenters. The second-order valence-electron chi connectivity index (χ2n) is 5.07. The van der Waals surface area contributed by atoms with Gasteiger partial charge in [0.2, 0.25) is 5.91 Å². The first-order valence-corrected chi connectivity index (χ1v) is 7.87. The minimum Gasteiger partial charge on any atom is -0.378 e. The van der Waals surface area contributed by atoms with E-state index in [0.29, 0.717) is 16.5 Å². The van der Waals surface area contributed by atoms with Gasteiger partial charge in [-0.25, -0.2) is 4.99 Å². The molecule has 0 aromatic heterocycles. The highest BCUT2D eigenvalue weighted by Gasteiger charge is 2.02. The Morgan fingerprint density at radius 1 is 1.04 bits per heavy atom. The van der Waals surface area contributed by atoms with E-state index >= 15 is 0 Å². The first kappa shape index (κ1) is 19.1. The highest BCUT2D eigenvalue weighted by Crippen LogP contribution is 2.20. The molecule has 0 heterocycles. The Bertz CT molecular complexity index is 714. The summed E-state index contributed by atoms with van der Waals surface area (Å²) in [5.74, 6) is 0.272. The van der Waals surface area contributed by atoms with Gasteiger partial charge in [0.15, 0.2) is 5.17 Å². The molecule has 0 aliphatic carbocycles. The van der Waals surface area contributed by atoms with Crippen LogP contribution in [-0.4, -0.2) is 11.1 Å². The molecule has 2 aromatic rings. The predicted octanol–water partition coefficient (Wildman–Crippen LogP) is 3.70. The van der Waals surface area contributed by atoms with Crippen LogP contribution in [-0.2, 0) is 5.75 Å². The Kier molecular flexibility index (Phi) is 7.13. The number of carbonyl (C=O) groups excluding carboxylic acids is 1. The number of carbonyl (C=O) groups is 1. The fourth-order valence-electron chi connectivity index (χ4n) is 1.88. The molecule has 1 amide bonds. The van der Waals surface area contributed by atoms with E-state index in [4.69, 9.17) is 11.5 Å². The van der Waals surface area contributed by atoms with Crippen molar-refractivity contribution in [2.24, 2.45) is 16.5 Å². The average Bonchev–Trinajstić information content (AvgIpc) is 2.49. The lowest BCUT2D eigenvalue weighted by molar-refractivity contribution is 0.100. The lowest BCUT2D eigenvalue weighted by atomic mass is 10.1. The number of nitrogens with two attached hydrogens (primary N) is 2. The van der Waals surface area contributed by atoms with E-state index < -0.39 is 5.91 Å². The minimum atomic E-state index is -0.421. The number of aryl methyl sites for hydroxylation is 2. The second kappa shape index (κ2) is 8.60. The van der Waals surface area contributed by atoms with E-state index in [-0.39, 0.29) is 12.4 Å². The summed E-state index contributed by atoms with van der Waals surface area (Å²) in [7, 11) is 0. The largest absolute Gasteiger partial charge is 0.378 e. The van der Waals surface area contributed by atoms with Crippen molar-refractivity contribution in [1.82, 2.24) is 0 Å². The van der Waals surface area contributed by atoms with Crippen molar-refractivity contribution in [3.05, 3.63) is 64.7 Å². The van der Waals surface area contributed by atoms with Gasteiger partial charge in [0.25, 0.3) is 0 Å². The van der Waals surface area contributed by atoms with Crippen molar-refractivity contribution >= 4 is 40.9 Å². The standard InChI is InChI=1S/C17H19N3OS.ClH/c1-11-3-8-15(9-12(11)2)20-17(19)22-10-13-4-6-14(7-5-13)16(18)21;/h3-9H,10H2,1-2H3,(H2,18,21)(H2,19,20);1H. The number of amidine groups is 1. The molecule has 0 bridgehead atoms. The van der Waals surface area contributed by atoms with Gasteiger partial charge in [-0.15, -0.1) is 12.4 Å². The zero-order chi connectivity index (χ0) is 16.1. The van der Waals surface area contributed by atoms with E-state index in [1.54, 1.807) is 12.1 Å². The Labute approximate surface area is 146 Å². The second-order valence-corrected chi connectivity index (χ2v) is 6.06. The van der Waals surface area contributed by atoms with Crippen molar-refractivity contribution in [2.45, 2.75) is 19.6 Å². The number of halogens is 1. The van der Waals surface area contributed by atoms with Crippen LogP contribution in [0.1, 0.15) is 27.0 Å². The molecule has 23 heavy (non-hydrogen) atoms. The van der Waals surface area contributed by atoms with Crippen LogP contribution in [0.4, 0.5) is 5.69 Å². The number of benzene rings is 2. The van der Waals surface area contributed by atoms with E-state index in [2.05, 4.69) is 18.8 Å². The zero-order valence-electron chi connectivity index (χ0n) is 13.1. The number of thioether (sulfide) groups is 1. The molecule has 4 N–H and O–H groups in total. The van der Waals surface area contributed by atoms with Gasteiger partial charge in [-0.1, -0.05) is 30.0 Å². The summed E-state index contributed by atoms with van der Waals surface area (Å²) in [6.07, 6.45) is 0. The van der Waals surface area contributed by atoms with Gasteiger partial charge in [0.1, 0.15) is 0 Å². The summed E-state index contributed by atoms with van der Waals surface area (Å²) in [5, 5.41) is 0.516. The van der Waals surface area contributed by atoms with Crippen molar-refractivity contribution in [3.8, 4) is 0 Å². The van der Waals surface area contributed by atoms with Gasteiger partial charge in [-0.3, -0.25) is 4.79 Å². The molecule has 2 rings (SSSR count). The molecular formula is C17H20ClN3OS. The molecule has 0 aliphatic rings. The monoisotopic (exact) mass is 349 g/mol. The number of amides is 1. The maximum Gasteiger partial charge on any atom is 0.248 e. The number of hydrogen-bond donors (Lipinski definition) is 2. The number of primary amides is 1. The first-order chi connectivity index (χ1) is 10.5. The SMILES string of the molecule is Cc1ccc(N=C(N)SCc2ccc(C(N)=O)cc2)cc1C.Cl. The van der Waals surface area contributed by atoms with Crippen LogP contribution < -0.4 is 11.5 Å². The van der Waals surface area contributed by atoms with Crippen LogP contribution >= 0.6 is 24.2 Å². The zero-order valence-corrected chi connectivity index (χ0v) is 14.7. The Morgan fingerprint density at radius 2 is 1.70 bits per heavy atom. The maximum atomic E-state index is 11.0. The molecule has 0 spiro atoms. The fourth-order valence-corrected chi connectivity index (χ4v) is 2.55. The highest BCUT2D eigenvalue weighted by molar-refractivity contribution is 8.13. The number of rotatable bonds is 4. The van der Waals surface area contributed by atoms with Crippen LogP contribution in [0.25, 0.3) is 0 Å². The maximum absolute atomic E-state index is 11.0. The third-order valence-corrected chi connectivity index (χ3v) is 4.22.